The van der Waals surface area contributed by atoms with E-state index in [4.69, 9.17) is 0 Å². The molecule has 1 heterocycles. The first-order valence-electron chi connectivity index (χ1n) is 4.51. The van der Waals surface area contributed by atoms with E-state index in [9.17, 15) is 4.79 Å². The molecule has 0 aliphatic heterocycles. The fourth-order valence-corrected chi connectivity index (χ4v) is 1.02. The maximum atomic E-state index is 11.5. The lowest BCUT2D eigenvalue weighted by molar-refractivity contribution is 0.425. The average Bonchev–Trinajstić information content (AvgIpc) is 2.12. The number of nitrogens with zero attached hydrogens (tertiary/aromatic N) is 3. The van der Waals surface area contributed by atoms with Gasteiger partial charge in [0.05, 0.1) is 0 Å². The minimum absolute atomic E-state index is 0.0914. The predicted molar refractivity (Wildman–Crippen MR) is 56.5 cm³/mol. The van der Waals surface area contributed by atoms with E-state index in [2.05, 4.69) is 10.3 Å². The number of rotatable bonds is 4. The van der Waals surface area contributed by atoms with Gasteiger partial charge in [-0.15, -0.1) is 0 Å². The van der Waals surface area contributed by atoms with Crippen LogP contribution in [0.25, 0.3) is 0 Å². The minimum Gasteiger partial charge on any atom is -0.364 e. The van der Waals surface area contributed by atoms with E-state index in [1.54, 1.807) is 19.4 Å². The summed E-state index contributed by atoms with van der Waals surface area (Å²) >= 11 is 0. The van der Waals surface area contributed by atoms with E-state index in [-0.39, 0.29) is 5.56 Å². The predicted octanol–water partition coefficient (Wildman–Crippen LogP) is -0.246. The molecule has 1 aromatic heterocycles. The summed E-state index contributed by atoms with van der Waals surface area (Å²) < 4.78 is 1.50. The molecule has 0 bridgehead atoms. The summed E-state index contributed by atoms with van der Waals surface area (Å²) in [5, 5.41) is 3.00. The molecule has 1 aromatic rings. The van der Waals surface area contributed by atoms with Gasteiger partial charge in [-0.1, -0.05) is 0 Å². The number of hydrogen-bond donors (Lipinski definition) is 1. The van der Waals surface area contributed by atoms with Crippen LogP contribution in [0.15, 0.2) is 17.2 Å². The minimum atomic E-state index is -0.0914. The van der Waals surface area contributed by atoms with Crippen molar-refractivity contribution in [2.45, 2.75) is 0 Å². The van der Waals surface area contributed by atoms with E-state index in [0.29, 0.717) is 5.82 Å². The molecule has 0 fully saturated rings. The number of likely N-dealkylation sites (N-methyl/N-ethyl adjacent to an activating group) is 1. The van der Waals surface area contributed by atoms with E-state index in [1.165, 1.54) is 4.57 Å². The lowest BCUT2D eigenvalue weighted by atomic mass is 10.5. The molecule has 5 heteroatoms. The van der Waals surface area contributed by atoms with Gasteiger partial charge in [-0.2, -0.15) is 0 Å². The average molecular weight is 196 g/mol. The van der Waals surface area contributed by atoms with Crippen molar-refractivity contribution in [3.8, 4) is 0 Å². The number of hydrogen-bond acceptors (Lipinski definition) is 4. The first-order chi connectivity index (χ1) is 6.61. The van der Waals surface area contributed by atoms with Gasteiger partial charge in [0, 0.05) is 32.5 Å². The molecular weight excluding hydrogens is 180 g/mol. The van der Waals surface area contributed by atoms with Gasteiger partial charge in [0.25, 0.3) is 5.56 Å². The molecule has 5 nitrogen and oxygen atoms in total. The lowest BCUT2D eigenvalue weighted by Gasteiger charge is -2.10. The third kappa shape index (κ3) is 2.85. The second kappa shape index (κ2) is 4.76. The third-order valence-corrected chi connectivity index (χ3v) is 1.87. The Kier molecular flexibility index (Phi) is 3.64. The number of nitrogens with one attached hydrogen (secondary N) is 1. The monoisotopic (exact) mass is 196 g/mol. The van der Waals surface area contributed by atoms with Crippen LogP contribution < -0.4 is 10.9 Å². The molecule has 0 amide bonds. The molecular formula is C9H16N4O. The van der Waals surface area contributed by atoms with Crippen LogP contribution in [-0.2, 0) is 7.05 Å². The summed E-state index contributed by atoms with van der Waals surface area (Å²) in [5.41, 5.74) is -0.0914. The fraction of sp³-hybridized carbons (Fsp3) is 0.556. The van der Waals surface area contributed by atoms with Crippen LogP contribution >= 0.6 is 0 Å². The maximum absolute atomic E-state index is 11.5. The Balaban J connectivity index is 2.59. The first kappa shape index (κ1) is 10.7. The summed E-state index contributed by atoms with van der Waals surface area (Å²) in [6, 6.07) is 0. The Hall–Kier alpha value is -1.36. The van der Waals surface area contributed by atoms with Crippen molar-refractivity contribution >= 4 is 5.82 Å². The Labute approximate surface area is 83.4 Å². The van der Waals surface area contributed by atoms with Crippen LogP contribution in [0, 0.1) is 0 Å². The molecule has 0 atom stereocenters. The topological polar surface area (TPSA) is 50.2 Å². The Morgan fingerprint density at radius 3 is 2.93 bits per heavy atom. The number of aryl methyl sites for hydroxylation is 1. The molecule has 0 aliphatic carbocycles. The summed E-state index contributed by atoms with van der Waals surface area (Å²) in [4.78, 5) is 17.5. The summed E-state index contributed by atoms with van der Waals surface area (Å²) in [6.45, 7) is 1.60. The zero-order valence-electron chi connectivity index (χ0n) is 8.82. The molecule has 0 saturated carbocycles. The van der Waals surface area contributed by atoms with Gasteiger partial charge in [-0.25, -0.2) is 4.98 Å². The molecule has 0 unspecified atom stereocenters. The maximum Gasteiger partial charge on any atom is 0.293 e. The highest BCUT2D eigenvalue weighted by molar-refractivity contribution is 5.30. The Morgan fingerprint density at radius 1 is 1.57 bits per heavy atom. The van der Waals surface area contributed by atoms with Crippen molar-refractivity contribution in [1.29, 1.82) is 0 Å². The quantitative estimate of drug-likeness (QED) is 0.721. The van der Waals surface area contributed by atoms with Gasteiger partial charge in [-0.3, -0.25) is 4.79 Å². The highest BCUT2D eigenvalue weighted by Crippen LogP contribution is 1.90. The van der Waals surface area contributed by atoms with Crippen LogP contribution in [0.5, 0.6) is 0 Å². The van der Waals surface area contributed by atoms with E-state index in [0.717, 1.165) is 13.1 Å². The van der Waals surface area contributed by atoms with Crippen molar-refractivity contribution in [1.82, 2.24) is 14.5 Å². The largest absolute Gasteiger partial charge is 0.364 e. The fourth-order valence-electron chi connectivity index (χ4n) is 1.02. The van der Waals surface area contributed by atoms with Gasteiger partial charge >= 0.3 is 0 Å². The molecule has 1 rings (SSSR count). The number of anilines is 1. The molecule has 0 aliphatic rings. The smallest absolute Gasteiger partial charge is 0.293 e. The second-order valence-electron chi connectivity index (χ2n) is 3.42. The van der Waals surface area contributed by atoms with Gasteiger partial charge in [0.15, 0.2) is 5.82 Å². The van der Waals surface area contributed by atoms with Crippen molar-refractivity contribution in [2.24, 2.45) is 7.05 Å². The van der Waals surface area contributed by atoms with Crippen LogP contribution in [-0.4, -0.2) is 41.6 Å². The summed E-state index contributed by atoms with van der Waals surface area (Å²) in [6.07, 6.45) is 3.25. The van der Waals surface area contributed by atoms with Gasteiger partial charge in [0.1, 0.15) is 0 Å². The molecule has 0 saturated heterocycles. The normalized spacial score (nSPS) is 10.6. The van der Waals surface area contributed by atoms with E-state index in [1.807, 2.05) is 19.0 Å². The van der Waals surface area contributed by atoms with Crippen LogP contribution in [0.4, 0.5) is 5.82 Å². The van der Waals surface area contributed by atoms with Gasteiger partial charge in [0.2, 0.25) is 0 Å². The van der Waals surface area contributed by atoms with E-state index >= 15 is 0 Å². The van der Waals surface area contributed by atoms with Crippen molar-refractivity contribution in [2.75, 3.05) is 32.5 Å². The van der Waals surface area contributed by atoms with Gasteiger partial charge < -0.3 is 14.8 Å². The molecule has 0 aromatic carbocycles. The van der Waals surface area contributed by atoms with E-state index < -0.39 is 0 Å². The highest BCUT2D eigenvalue weighted by atomic mass is 16.1. The van der Waals surface area contributed by atoms with Crippen LogP contribution in [0.3, 0.4) is 0 Å². The zero-order chi connectivity index (χ0) is 10.6. The summed E-state index contributed by atoms with van der Waals surface area (Å²) in [7, 11) is 5.68. The lowest BCUT2D eigenvalue weighted by Crippen LogP contribution is -2.26. The van der Waals surface area contributed by atoms with Crippen molar-refractivity contribution < 1.29 is 0 Å². The Bertz CT molecular complexity index is 345. The first-order valence-corrected chi connectivity index (χ1v) is 4.51. The third-order valence-electron chi connectivity index (χ3n) is 1.87. The summed E-state index contributed by atoms with van der Waals surface area (Å²) in [5.74, 6) is 0.414. The van der Waals surface area contributed by atoms with Crippen molar-refractivity contribution in [3.63, 3.8) is 0 Å². The molecule has 14 heavy (non-hydrogen) atoms. The molecule has 0 spiro atoms. The molecule has 0 radical (unpaired) electrons. The van der Waals surface area contributed by atoms with Crippen molar-refractivity contribution in [3.05, 3.63) is 22.7 Å². The number of aromatic nitrogens is 2. The van der Waals surface area contributed by atoms with Crippen LogP contribution in [0.2, 0.25) is 0 Å². The molecule has 1 N–H and O–H groups in total. The zero-order valence-corrected chi connectivity index (χ0v) is 8.82. The standard InChI is InChI=1S/C9H16N4O/c1-12(2)6-4-10-8-9(14)13(3)7-5-11-8/h5,7H,4,6H2,1-3H3,(H,10,11). The molecule has 78 valence electrons. The Morgan fingerprint density at radius 2 is 2.29 bits per heavy atom. The van der Waals surface area contributed by atoms with Gasteiger partial charge in [-0.05, 0) is 14.1 Å². The second-order valence-corrected chi connectivity index (χ2v) is 3.42. The SMILES string of the molecule is CN(C)CCNc1nccn(C)c1=O. The highest BCUT2D eigenvalue weighted by Gasteiger charge is 2.00. The van der Waals surface area contributed by atoms with Crippen LogP contribution in [0.1, 0.15) is 0 Å².